The number of pyridine rings is 1. The van der Waals surface area contributed by atoms with Crippen LogP contribution in [0.1, 0.15) is 66.7 Å². The number of nitrogens with zero attached hydrogens (tertiary/aromatic N) is 6. The molecule has 2 fully saturated rings. The lowest BCUT2D eigenvalue weighted by Crippen LogP contribution is -2.49. The van der Waals surface area contributed by atoms with E-state index >= 15 is 0 Å². The van der Waals surface area contributed by atoms with Crippen LogP contribution in [0, 0.1) is 13.8 Å². The molecule has 1 saturated heterocycles. The molecule has 39 heavy (non-hydrogen) atoms. The van der Waals surface area contributed by atoms with E-state index in [2.05, 4.69) is 62.4 Å². The number of piperazine rings is 1. The van der Waals surface area contributed by atoms with Crippen molar-refractivity contribution in [3.63, 3.8) is 0 Å². The van der Waals surface area contributed by atoms with E-state index in [9.17, 15) is 4.79 Å². The molecule has 2 aromatic heterocycles. The standard InChI is InChI=1S/C30H37N7O2/c1-20-9-10-21(2)27(17-20)35-13-15-36(16-14-35)28(29-32-33-34-37(29)23-7-5-4-6-8-23)25-19-22-18-24(39-3)11-12-26(22)31-30(25)38/h9-12,17-19,23,28H,4-8,13-16H2,1-3H3,(H,31,38). The predicted octanol–water partition coefficient (Wildman–Crippen LogP) is 4.56. The number of tetrazole rings is 1. The third-order valence-electron chi connectivity index (χ3n) is 8.44. The Morgan fingerprint density at radius 2 is 1.77 bits per heavy atom. The van der Waals surface area contributed by atoms with Crippen LogP contribution in [0.2, 0.25) is 0 Å². The van der Waals surface area contributed by atoms with Crippen LogP contribution in [0.5, 0.6) is 5.75 Å². The molecule has 6 rings (SSSR count). The number of H-pyrrole nitrogens is 1. The Balaban J connectivity index is 1.39. The number of aromatic nitrogens is 5. The smallest absolute Gasteiger partial charge is 0.253 e. The van der Waals surface area contributed by atoms with Crippen molar-refractivity contribution in [3.8, 4) is 5.75 Å². The Hall–Kier alpha value is -3.72. The summed E-state index contributed by atoms with van der Waals surface area (Å²) < 4.78 is 7.48. The highest BCUT2D eigenvalue weighted by molar-refractivity contribution is 5.80. The highest BCUT2D eigenvalue weighted by Gasteiger charge is 2.34. The second kappa shape index (κ2) is 10.8. The zero-order chi connectivity index (χ0) is 26.9. The van der Waals surface area contributed by atoms with Crippen LogP contribution in [-0.4, -0.2) is 63.4 Å². The van der Waals surface area contributed by atoms with E-state index in [1.807, 2.05) is 28.9 Å². The van der Waals surface area contributed by atoms with Crippen molar-refractivity contribution in [1.82, 2.24) is 30.1 Å². The van der Waals surface area contributed by atoms with Gasteiger partial charge in [0.05, 0.1) is 13.2 Å². The molecule has 0 radical (unpaired) electrons. The van der Waals surface area contributed by atoms with Crippen LogP contribution in [0.25, 0.3) is 10.9 Å². The number of anilines is 1. The van der Waals surface area contributed by atoms with E-state index in [1.165, 1.54) is 36.1 Å². The summed E-state index contributed by atoms with van der Waals surface area (Å²) in [6.07, 6.45) is 5.75. The molecule has 1 aliphatic heterocycles. The average molecular weight is 528 g/mol. The highest BCUT2D eigenvalue weighted by Crippen LogP contribution is 2.34. The molecule has 1 N–H and O–H groups in total. The van der Waals surface area contributed by atoms with Crippen LogP contribution >= 0.6 is 0 Å². The maximum absolute atomic E-state index is 13.6. The lowest BCUT2D eigenvalue weighted by molar-refractivity contribution is 0.192. The molecule has 1 atom stereocenters. The molecular weight excluding hydrogens is 490 g/mol. The van der Waals surface area contributed by atoms with Crippen molar-refractivity contribution >= 4 is 16.6 Å². The van der Waals surface area contributed by atoms with E-state index in [0.29, 0.717) is 5.56 Å². The van der Waals surface area contributed by atoms with Gasteiger partial charge < -0.3 is 14.6 Å². The van der Waals surface area contributed by atoms with Crippen molar-refractivity contribution in [1.29, 1.82) is 0 Å². The van der Waals surface area contributed by atoms with Crippen LogP contribution in [0.4, 0.5) is 5.69 Å². The maximum atomic E-state index is 13.6. The first-order chi connectivity index (χ1) is 19.0. The monoisotopic (exact) mass is 527 g/mol. The van der Waals surface area contributed by atoms with Gasteiger partial charge in [-0.05, 0) is 78.6 Å². The summed E-state index contributed by atoms with van der Waals surface area (Å²) in [7, 11) is 1.66. The number of hydrogen-bond acceptors (Lipinski definition) is 7. The Kier molecular flexibility index (Phi) is 7.08. The maximum Gasteiger partial charge on any atom is 0.253 e. The molecule has 9 heteroatoms. The van der Waals surface area contributed by atoms with Crippen molar-refractivity contribution in [2.45, 2.75) is 58.0 Å². The van der Waals surface area contributed by atoms with E-state index in [4.69, 9.17) is 4.74 Å². The van der Waals surface area contributed by atoms with Gasteiger partial charge in [0.15, 0.2) is 5.82 Å². The van der Waals surface area contributed by atoms with Crippen LogP contribution < -0.4 is 15.2 Å². The normalized spacial score (nSPS) is 18.0. The summed E-state index contributed by atoms with van der Waals surface area (Å²) in [5.74, 6) is 1.51. The Labute approximate surface area is 228 Å². The van der Waals surface area contributed by atoms with Gasteiger partial charge >= 0.3 is 0 Å². The molecule has 1 aliphatic carbocycles. The number of hydrogen-bond donors (Lipinski definition) is 1. The number of aromatic amines is 1. The third-order valence-corrected chi connectivity index (χ3v) is 8.44. The first-order valence-corrected chi connectivity index (χ1v) is 14.1. The van der Waals surface area contributed by atoms with Gasteiger partial charge in [0.1, 0.15) is 11.8 Å². The Bertz CT molecular complexity index is 1510. The molecular formula is C30H37N7O2. The molecule has 2 aliphatic rings. The molecule has 204 valence electrons. The number of fused-ring (bicyclic) bond motifs is 1. The molecule has 0 amide bonds. The summed E-state index contributed by atoms with van der Waals surface area (Å²) >= 11 is 0. The third kappa shape index (κ3) is 5.03. The number of aryl methyl sites for hydroxylation is 2. The van der Waals surface area contributed by atoms with E-state index in [0.717, 1.165) is 61.5 Å². The first-order valence-electron chi connectivity index (χ1n) is 14.1. The largest absolute Gasteiger partial charge is 0.497 e. The van der Waals surface area contributed by atoms with Gasteiger partial charge in [-0.15, -0.1) is 5.10 Å². The zero-order valence-electron chi connectivity index (χ0n) is 23.1. The second-order valence-electron chi connectivity index (χ2n) is 11.0. The summed E-state index contributed by atoms with van der Waals surface area (Å²) in [5, 5.41) is 14.1. The second-order valence-corrected chi connectivity index (χ2v) is 11.0. The average Bonchev–Trinajstić information content (AvgIpc) is 3.45. The molecule has 1 saturated carbocycles. The van der Waals surface area contributed by atoms with E-state index in [-0.39, 0.29) is 17.6 Å². The van der Waals surface area contributed by atoms with Gasteiger partial charge in [-0.3, -0.25) is 9.69 Å². The number of methoxy groups -OCH3 is 1. The van der Waals surface area contributed by atoms with Gasteiger partial charge in [-0.2, -0.15) is 0 Å². The number of benzene rings is 2. The minimum absolute atomic E-state index is 0.104. The predicted molar refractivity (Wildman–Crippen MR) is 153 cm³/mol. The van der Waals surface area contributed by atoms with Crippen LogP contribution in [0.3, 0.4) is 0 Å². The van der Waals surface area contributed by atoms with Crippen LogP contribution in [-0.2, 0) is 0 Å². The quantitative estimate of drug-likeness (QED) is 0.393. The van der Waals surface area contributed by atoms with E-state index in [1.54, 1.807) is 7.11 Å². The van der Waals surface area contributed by atoms with Crippen molar-refractivity contribution in [2.75, 3.05) is 38.2 Å². The van der Waals surface area contributed by atoms with E-state index < -0.39 is 0 Å². The molecule has 3 heterocycles. The van der Waals surface area contributed by atoms with Crippen LogP contribution in [0.15, 0.2) is 47.3 Å². The lowest BCUT2D eigenvalue weighted by atomic mass is 9.95. The molecule has 9 nitrogen and oxygen atoms in total. The van der Waals surface area contributed by atoms with Gasteiger partial charge in [0.2, 0.25) is 0 Å². The highest BCUT2D eigenvalue weighted by atomic mass is 16.5. The zero-order valence-corrected chi connectivity index (χ0v) is 23.1. The first kappa shape index (κ1) is 25.6. The molecule has 0 spiro atoms. The van der Waals surface area contributed by atoms with Gasteiger partial charge in [-0.25, -0.2) is 4.68 Å². The van der Waals surface area contributed by atoms with Gasteiger partial charge in [0, 0.05) is 48.3 Å². The number of nitrogens with one attached hydrogen (secondary N) is 1. The SMILES string of the molecule is COc1ccc2[nH]c(=O)c(C(c3nnnn3C3CCCCC3)N3CCN(c4cc(C)ccc4C)CC3)cc2c1. The summed E-state index contributed by atoms with van der Waals surface area (Å²) in [4.78, 5) is 21.6. The number of ether oxygens (including phenoxy) is 1. The topological polar surface area (TPSA) is 92.2 Å². The summed E-state index contributed by atoms with van der Waals surface area (Å²) in [5.41, 5.74) is 5.19. The minimum Gasteiger partial charge on any atom is -0.497 e. The fraction of sp³-hybridized carbons (Fsp3) is 0.467. The minimum atomic E-state index is -0.345. The Morgan fingerprint density at radius 3 is 2.54 bits per heavy atom. The molecule has 2 aromatic carbocycles. The molecule has 0 bridgehead atoms. The lowest BCUT2D eigenvalue weighted by Gasteiger charge is -2.40. The molecule has 4 aromatic rings. The van der Waals surface area contributed by atoms with Gasteiger partial charge in [0.25, 0.3) is 5.56 Å². The fourth-order valence-electron chi connectivity index (χ4n) is 6.28. The molecule has 1 unspecified atom stereocenters. The van der Waals surface area contributed by atoms with Crippen molar-refractivity contribution in [3.05, 3.63) is 75.3 Å². The van der Waals surface area contributed by atoms with Gasteiger partial charge in [-0.1, -0.05) is 31.4 Å². The number of rotatable bonds is 6. The fourth-order valence-corrected chi connectivity index (χ4v) is 6.28. The van der Waals surface area contributed by atoms with Crippen molar-refractivity contribution < 1.29 is 4.74 Å². The summed E-state index contributed by atoms with van der Waals surface area (Å²) in [6, 6.07) is 14.3. The summed E-state index contributed by atoms with van der Waals surface area (Å²) in [6.45, 7) is 7.64. The van der Waals surface area contributed by atoms with Crippen molar-refractivity contribution in [2.24, 2.45) is 0 Å². The Morgan fingerprint density at radius 1 is 0.974 bits per heavy atom.